The van der Waals surface area contributed by atoms with Crippen LogP contribution < -0.4 is 16.4 Å². The molecule has 5 nitrogen and oxygen atoms in total. The third-order valence-corrected chi connectivity index (χ3v) is 3.44. The minimum atomic E-state index is -0.280. The van der Waals surface area contributed by atoms with Crippen LogP contribution in [0.3, 0.4) is 0 Å². The Kier molecular flexibility index (Phi) is 5.35. The molecule has 1 fully saturated rings. The van der Waals surface area contributed by atoms with Gasteiger partial charge in [0.15, 0.2) is 0 Å². The van der Waals surface area contributed by atoms with E-state index in [-0.39, 0.29) is 35.9 Å². The van der Waals surface area contributed by atoms with Crippen LogP contribution in [0, 0.1) is 11.8 Å². The molecule has 0 aromatic rings. The first-order valence-electron chi connectivity index (χ1n) is 7.03. The molecule has 4 N–H and O–H groups in total. The summed E-state index contributed by atoms with van der Waals surface area (Å²) in [7, 11) is 0. The van der Waals surface area contributed by atoms with Crippen LogP contribution in [0.4, 0.5) is 0 Å². The van der Waals surface area contributed by atoms with Crippen molar-refractivity contribution in [3.63, 3.8) is 0 Å². The van der Waals surface area contributed by atoms with E-state index in [1.807, 2.05) is 20.8 Å². The number of amides is 2. The van der Waals surface area contributed by atoms with Gasteiger partial charge in [-0.1, -0.05) is 6.92 Å². The maximum Gasteiger partial charge on any atom is 0.239 e. The van der Waals surface area contributed by atoms with E-state index in [0.717, 1.165) is 19.3 Å². The summed E-state index contributed by atoms with van der Waals surface area (Å²) in [6.07, 6.45) is 2.77. The average Bonchev–Trinajstić information content (AvgIpc) is 2.27. The minimum absolute atomic E-state index is 0.0215. The highest BCUT2D eigenvalue weighted by Crippen LogP contribution is 2.27. The number of nitrogens with one attached hydrogen (secondary N) is 2. The standard InChI is InChI=1S/C14H27N3O2/c1-9-5-6-11(15)10(7-9)13(19)16-8-12(18)17-14(2,3)4/h9-11H,5-8,15H2,1-4H3,(H,16,19)(H,17,18). The number of carbonyl (C=O) groups excluding carboxylic acids is 2. The van der Waals surface area contributed by atoms with Crippen LogP contribution in [0.5, 0.6) is 0 Å². The lowest BCUT2D eigenvalue weighted by Gasteiger charge is -2.31. The summed E-state index contributed by atoms with van der Waals surface area (Å²) in [6.45, 7) is 7.88. The van der Waals surface area contributed by atoms with Gasteiger partial charge in [-0.3, -0.25) is 9.59 Å². The number of carbonyl (C=O) groups is 2. The molecule has 3 atom stereocenters. The van der Waals surface area contributed by atoms with E-state index in [1.54, 1.807) is 0 Å². The summed E-state index contributed by atoms with van der Waals surface area (Å²) < 4.78 is 0. The lowest BCUT2D eigenvalue weighted by molar-refractivity contribution is -0.130. The van der Waals surface area contributed by atoms with Gasteiger partial charge < -0.3 is 16.4 Å². The predicted octanol–water partition coefficient (Wildman–Crippen LogP) is 0.781. The molecule has 3 unspecified atom stereocenters. The quantitative estimate of drug-likeness (QED) is 0.708. The summed E-state index contributed by atoms with van der Waals surface area (Å²) in [5.74, 6) is 0.103. The highest BCUT2D eigenvalue weighted by atomic mass is 16.2. The number of nitrogens with two attached hydrogens (primary N) is 1. The van der Waals surface area contributed by atoms with E-state index in [0.29, 0.717) is 5.92 Å². The fraction of sp³-hybridized carbons (Fsp3) is 0.857. The Labute approximate surface area is 115 Å². The Morgan fingerprint density at radius 1 is 1.26 bits per heavy atom. The summed E-state index contributed by atoms with van der Waals surface area (Å²) in [5.41, 5.74) is 5.71. The van der Waals surface area contributed by atoms with Gasteiger partial charge in [-0.15, -0.1) is 0 Å². The number of hydrogen-bond donors (Lipinski definition) is 3. The van der Waals surface area contributed by atoms with Crippen molar-refractivity contribution in [2.24, 2.45) is 17.6 Å². The Balaban J connectivity index is 2.40. The molecule has 110 valence electrons. The largest absolute Gasteiger partial charge is 0.350 e. The second-order valence-electron chi connectivity index (χ2n) is 6.70. The molecule has 1 saturated carbocycles. The summed E-state index contributed by atoms with van der Waals surface area (Å²) in [4.78, 5) is 23.7. The SMILES string of the molecule is CC1CCC(N)C(C(=O)NCC(=O)NC(C)(C)C)C1. The molecule has 0 spiro atoms. The number of rotatable bonds is 3. The molecular weight excluding hydrogens is 242 g/mol. The molecule has 19 heavy (non-hydrogen) atoms. The second kappa shape index (κ2) is 6.37. The minimum Gasteiger partial charge on any atom is -0.350 e. The fourth-order valence-corrected chi connectivity index (χ4v) is 2.47. The Morgan fingerprint density at radius 2 is 1.89 bits per heavy atom. The van der Waals surface area contributed by atoms with Gasteiger partial charge in [-0.2, -0.15) is 0 Å². The normalized spacial score (nSPS) is 27.7. The van der Waals surface area contributed by atoms with Crippen LogP contribution in [0.2, 0.25) is 0 Å². The third-order valence-electron chi connectivity index (χ3n) is 3.44. The zero-order valence-electron chi connectivity index (χ0n) is 12.5. The van der Waals surface area contributed by atoms with Crippen molar-refractivity contribution in [1.29, 1.82) is 0 Å². The lowest BCUT2D eigenvalue weighted by atomic mass is 9.79. The molecule has 0 heterocycles. The first-order valence-corrected chi connectivity index (χ1v) is 7.03. The maximum absolute atomic E-state index is 12.1. The first kappa shape index (κ1) is 16.0. The van der Waals surface area contributed by atoms with Crippen LogP contribution in [0.15, 0.2) is 0 Å². The van der Waals surface area contributed by atoms with E-state index in [4.69, 9.17) is 5.73 Å². The molecule has 1 rings (SSSR count). The van der Waals surface area contributed by atoms with Crippen LogP contribution in [0.25, 0.3) is 0 Å². The molecule has 0 saturated heterocycles. The van der Waals surface area contributed by atoms with E-state index in [9.17, 15) is 9.59 Å². The predicted molar refractivity (Wildman–Crippen MR) is 75.4 cm³/mol. The molecule has 0 bridgehead atoms. The molecule has 0 aromatic carbocycles. The van der Waals surface area contributed by atoms with Crippen LogP contribution in [-0.2, 0) is 9.59 Å². The van der Waals surface area contributed by atoms with Crippen molar-refractivity contribution < 1.29 is 9.59 Å². The Bertz CT molecular complexity index is 336. The highest BCUT2D eigenvalue weighted by Gasteiger charge is 2.31. The van der Waals surface area contributed by atoms with Gasteiger partial charge in [-0.25, -0.2) is 0 Å². The van der Waals surface area contributed by atoms with Gasteiger partial charge in [-0.05, 0) is 46.0 Å². The van der Waals surface area contributed by atoms with Gasteiger partial charge in [0.1, 0.15) is 0 Å². The van der Waals surface area contributed by atoms with E-state index < -0.39 is 0 Å². The van der Waals surface area contributed by atoms with Crippen molar-refractivity contribution in [2.75, 3.05) is 6.54 Å². The third kappa shape index (κ3) is 5.59. The summed E-state index contributed by atoms with van der Waals surface area (Å²) >= 11 is 0. The van der Waals surface area contributed by atoms with Crippen LogP contribution >= 0.6 is 0 Å². The summed E-state index contributed by atoms with van der Waals surface area (Å²) in [6, 6.07) is -0.0816. The smallest absolute Gasteiger partial charge is 0.239 e. The van der Waals surface area contributed by atoms with Crippen molar-refractivity contribution in [2.45, 2.75) is 58.5 Å². The van der Waals surface area contributed by atoms with Crippen molar-refractivity contribution in [1.82, 2.24) is 10.6 Å². The molecule has 2 amide bonds. The van der Waals surface area contributed by atoms with Gasteiger partial charge >= 0.3 is 0 Å². The summed E-state index contributed by atoms with van der Waals surface area (Å²) in [5, 5.41) is 5.51. The molecule has 0 aromatic heterocycles. The first-order chi connectivity index (χ1) is 8.69. The molecule has 0 radical (unpaired) electrons. The van der Waals surface area contributed by atoms with Gasteiger partial charge in [0.05, 0.1) is 12.5 Å². The highest BCUT2D eigenvalue weighted by molar-refractivity contribution is 5.86. The fourth-order valence-electron chi connectivity index (χ4n) is 2.47. The zero-order valence-corrected chi connectivity index (χ0v) is 12.5. The Morgan fingerprint density at radius 3 is 2.47 bits per heavy atom. The van der Waals surface area contributed by atoms with Crippen molar-refractivity contribution in [3.8, 4) is 0 Å². The Hall–Kier alpha value is -1.10. The maximum atomic E-state index is 12.1. The average molecular weight is 269 g/mol. The van der Waals surface area contributed by atoms with E-state index in [1.165, 1.54) is 0 Å². The van der Waals surface area contributed by atoms with Gasteiger partial charge in [0.2, 0.25) is 11.8 Å². The topological polar surface area (TPSA) is 84.2 Å². The van der Waals surface area contributed by atoms with Crippen LogP contribution in [0.1, 0.15) is 47.0 Å². The van der Waals surface area contributed by atoms with Crippen LogP contribution in [-0.4, -0.2) is 29.9 Å². The number of hydrogen-bond acceptors (Lipinski definition) is 3. The van der Waals surface area contributed by atoms with Gasteiger partial charge in [0, 0.05) is 11.6 Å². The zero-order chi connectivity index (χ0) is 14.6. The molecular formula is C14H27N3O2. The lowest BCUT2D eigenvalue weighted by Crippen LogP contribution is -2.49. The second-order valence-corrected chi connectivity index (χ2v) is 6.70. The van der Waals surface area contributed by atoms with E-state index in [2.05, 4.69) is 17.6 Å². The molecule has 1 aliphatic carbocycles. The van der Waals surface area contributed by atoms with Gasteiger partial charge in [0.25, 0.3) is 0 Å². The molecule has 1 aliphatic rings. The monoisotopic (exact) mass is 269 g/mol. The molecule has 0 aliphatic heterocycles. The molecule has 5 heteroatoms. The van der Waals surface area contributed by atoms with Crippen molar-refractivity contribution in [3.05, 3.63) is 0 Å². The van der Waals surface area contributed by atoms with Crippen molar-refractivity contribution >= 4 is 11.8 Å². The van der Waals surface area contributed by atoms with E-state index >= 15 is 0 Å².